The molecule has 2 rings (SSSR count). The number of rotatable bonds is 3. The zero-order chi connectivity index (χ0) is 10.5. The summed E-state index contributed by atoms with van der Waals surface area (Å²) in [4.78, 5) is 11.1. The van der Waals surface area contributed by atoms with Gasteiger partial charge in [-0.25, -0.2) is 5.43 Å². The second-order valence-electron chi connectivity index (χ2n) is 4.59. The van der Waals surface area contributed by atoms with Crippen LogP contribution in [-0.2, 0) is 9.53 Å². The molecule has 1 saturated carbocycles. The molecule has 1 aliphatic heterocycles. The second kappa shape index (κ2) is 5.47. The molecule has 1 atom stereocenters. The minimum atomic E-state index is 0.0369. The predicted octanol–water partition coefficient (Wildman–Crippen LogP) is 0.976. The molecule has 2 fully saturated rings. The van der Waals surface area contributed by atoms with Gasteiger partial charge in [0.25, 0.3) is 0 Å². The Hall–Kier alpha value is -0.610. The maximum absolute atomic E-state index is 11.1. The molecule has 1 saturated heterocycles. The molecule has 1 unspecified atom stereocenters. The van der Waals surface area contributed by atoms with E-state index in [0.29, 0.717) is 6.42 Å². The number of carbonyl (C=O) groups is 1. The van der Waals surface area contributed by atoms with Crippen LogP contribution in [0.4, 0.5) is 0 Å². The molecule has 15 heavy (non-hydrogen) atoms. The van der Waals surface area contributed by atoms with Crippen LogP contribution in [0.3, 0.4) is 0 Å². The lowest BCUT2D eigenvalue weighted by molar-refractivity contribution is -0.128. The van der Waals surface area contributed by atoms with Crippen LogP contribution in [0, 0.1) is 5.92 Å². The minimum Gasteiger partial charge on any atom is -0.376 e. The van der Waals surface area contributed by atoms with E-state index in [-0.39, 0.29) is 12.0 Å². The van der Waals surface area contributed by atoms with E-state index in [4.69, 9.17) is 4.74 Å². The van der Waals surface area contributed by atoms with Crippen LogP contribution in [0.25, 0.3) is 0 Å². The van der Waals surface area contributed by atoms with Gasteiger partial charge in [-0.1, -0.05) is 19.3 Å². The Bertz CT molecular complexity index is 215. The summed E-state index contributed by atoms with van der Waals surface area (Å²) in [7, 11) is 0. The summed E-state index contributed by atoms with van der Waals surface area (Å²) in [5.74, 6) is 0.763. The summed E-state index contributed by atoms with van der Waals surface area (Å²) in [5.41, 5.74) is 5.43. The van der Waals surface area contributed by atoms with Crippen molar-refractivity contribution in [2.75, 3.05) is 13.2 Å². The number of nitrogens with one attached hydrogen (secondary N) is 2. The lowest BCUT2D eigenvalue weighted by Gasteiger charge is -2.27. The van der Waals surface area contributed by atoms with Gasteiger partial charge in [0.15, 0.2) is 0 Å². The molecule has 1 aliphatic carbocycles. The van der Waals surface area contributed by atoms with Gasteiger partial charge in [-0.2, -0.15) is 0 Å². The van der Waals surface area contributed by atoms with Crippen molar-refractivity contribution in [3.8, 4) is 0 Å². The summed E-state index contributed by atoms with van der Waals surface area (Å²) in [6, 6.07) is 0. The van der Waals surface area contributed by atoms with Crippen LogP contribution in [-0.4, -0.2) is 25.2 Å². The van der Waals surface area contributed by atoms with E-state index in [9.17, 15) is 4.79 Å². The molecule has 0 spiro atoms. The van der Waals surface area contributed by atoms with Crippen LogP contribution in [0.15, 0.2) is 0 Å². The highest BCUT2D eigenvalue weighted by atomic mass is 16.5. The molecule has 1 heterocycles. The Morgan fingerprint density at radius 2 is 2.07 bits per heavy atom. The second-order valence-corrected chi connectivity index (χ2v) is 4.59. The molecule has 0 aromatic rings. The maximum Gasteiger partial charge on any atom is 0.236 e. The van der Waals surface area contributed by atoms with Crippen molar-refractivity contribution < 1.29 is 9.53 Å². The molecule has 0 aromatic carbocycles. The van der Waals surface area contributed by atoms with Crippen molar-refractivity contribution in [3.05, 3.63) is 0 Å². The average Bonchev–Trinajstić information content (AvgIpc) is 2.28. The Labute approximate surface area is 90.7 Å². The van der Waals surface area contributed by atoms with Crippen LogP contribution >= 0.6 is 0 Å². The van der Waals surface area contributed by atoms with E-state index in [1.54, 1.807) is 0 Å². The minimum absolute atomic E-state index is 0.0369. The first kappa shape index (κ1) is 10.9. The quantitative estimate of drug-likeness (QED) is 0.733. The largest absolute Gasteiger partial charge is 0.376 e. The number of hydrogen-bond donors (Lipinski definition) is 2. The fourth-order valence-corrected chi connectivity index (χ4v) is 2.34. The third-order valence-corrected chi connectivity index (χ3v) is 3.26. The Morgan fingerprint density at radius 3 is 2.80 bits per heavy atom. The van der Waals surface area contributed by atoms with Crippen LogP contribution in [0.2, 0.25) is 0 Å². The zero-order valence-electron chi connectivity index (χ0n) is 9.13. The molecule has 0 bridgehead atoms. The highest BCUT2D eigenvalue weighted by Crippen LogP contribution is 2.24. The van der Waals surface area contributed by atoms with E-state index < -0.39 is 0 Å². The van der Waals surface area contributed by atoms with E-state index >= 15 is 0 Å². The van der Waals surface area contributed by atoms with E-state index in [1.807, 2.05) is 0 Å². The van der Waals surface area contributed by atoms with Gasteiger partial charge in [0, 0.05) is 13.2 Å². The van der Waals surface area contributed by atoms with Crippen LogP contribution in [0.5, 0.6) is 0 Å². The van der Waals surface area contributed by atoms with E-state index in [1.165, 1.54) is 32.1 Å². The fraction of sp³-hybridized carbons (Fsp3) is 0.909. The highest BCUT2D eigenvalue weighted by Gasteiger charge is 2.21. The van der Waals surface area contributed by atoms with E-state index in [0.717, 1.165) is 19.1 Å². The molecule has 2 aliphatic rings. The number of hydrazine groups is 1. The first-order chi connectivity index (χ1) is 7.34. The van der Waals surface area contributed by atoms with Crippen molar-refractivity contribution in [2.45, 2.75) is 44.6 Å². The number of hydrogen-bond acceptors (Lipinski definition) is 3. The van der Waals surface area contributed by atoms with E-state index in [2.05, 4.69) is 10.9 Å². The van der Waals surface area contributed by atoms with Crippen LogP contribution in [0.1, 0.15) is 38.5 Å². The predicted molar refractivity (Wildman–Crippen MR) is 57.1 cm³/mol. The summed E-state index contributed by atoms with van der Waals surface area (Å²) < 4.78 is 5.77. The van der Waals surface area contributed by atoms with Gasteiger partial charge < -0.3 is 4.74 Å². The normalized spacial score (nSPS) is 28.8. The van der Waals surface area contributed by atoms with Crippen molar-refractivity contribution in [1.29, 1.82) is 0 Å². The standard InChI is InChI=1S/C11H20N2O2/c14-11-6-10(7-12-13-11)15-8-9-4-2-1-3-5-9/h9-10,12H,1-8H2,(H,13,14). The van der Waals surface area contributed by atoms with Gasteiger partial charge in [0.05, 0.1) is 12.5 Å². The van der Waals surface area contributed by atoms with Crippen LogP contribution < -0.4 is 10.9 Å². The van der Waals surface area contributed by atoms with Gasteiger partial charge in [0.1, 0.15) is 0 Å². The number of ether oxygens (including phenoxy) is 1. The third-order valence-electron chi connectivity index (χ3n) is 3.26. The van der Waals surface area contributed by atoms with Crippen molar-refractivity contribution >= 4 is 5.91 Å². The molecule has 0 radical (unpaired) electrons. The first-order valence-corrected chi connectivity index (χ1v) is 5.98. The lowest BCUT2D eigenvalue weighted by atomic mass is 9.90. The first-order valence-electron chi connectivity index (χ1n) is 5.98. The summed E-state index contributed by atoms with van der Waals surface area (Å²) in [6.45, 7) is 1.57. The summed E-state index contributed by atoms with van der Waals surface area (Å²) in [6.07, 6.45) is 7.23. The maximum atomic E-state index is 11.1. The van der Waals surface area contributed by atoms with Gasteiger partial charge in [-0.3, -0.25) is 10.2 Å². The third kappa shape index (κ3) is 3.47. The van der Waals surface area contributed by atoms with Gasteiger partial charge in [-0.15, -0.1) is 0 Å². The SMILES string of the molecule is O=C1CC(OCC2CCCCC2)CNN1. The molecule has 0 aromatic heterocycles. The van der Waals surface area contributed by atoms with Gasteiger partial charge in [-0.05, 0) is 18.8 Å². The lowest BCUT2D eigenvalue weighted by Crippen LogP contribution is -2.50. The molecule has 2 N–H and O–H groups in total. The van der Waals surface area contributed by atoms with Crippen molar-refractivity contribution in [2.24, 2.45) is 5.92 Å². The molecule has 4 nitrogen and oxygen atoms in total. The molecule has 4 heteroatoms. The molecular formula is C11H20N2O2. The summed E-state index contributed by atoms with van der Waals surface area (Å²) in [5, 5.41) is 0. The van der Waals surface area contributed by atoms with Gasteiger partial charge in [0.2, 0.25) is 5.91 Å². The van der Waals surface area contributed by atoms with Crippen molar-refractivity contribution in [1.82, 2.24) is 10.9 Å². The Morgan fingerprint density at radius 1 is 1.27 bits per heavy atom. The van der Waals surface area contributed by atoms with Gasteiger partial charge >= 0.3 is 0 Å². The topological polar surface area (TPSA) is 50.4 Å². The number of amides is 1. The monoisotopic (exact) mass is 212 g/mol. The Balaban J connectivity index is 1.65. The fourth-order valence-electron chi connectivity index (χ4n) is 2.34. The molecule has 86 valence electrons. The average molecular weight is 212 g/mol. The van der Waals surface area contributed by atoms with Crippen molar-refractivity contribution in [3.63, 3.8) is 0 Å². The molecule has 1 amide bonds. The number of carbonyl (C=O) groups excluding carboxylic acids is 1. The smallest absolute Gasteiger partial charge is 0.236 e. The highest BCUT2D eigenvalue weighted by molar-refractivity contribution is 5.76. The zero-order valence-corrected chi connectivity index (χ0v) is 9.13. The Kier molecular flexibility index (Phi) is 3.97. The summed E-state index contributed by atoms with van der Waals surface area (Å²) >= 11 is 0. The molecular weight excluding hydrogens is 192 g/mol.